The molecular weight excluding hydrogens is 216 g/mol. The molecule has 0 radical (unpaired) electrons. The van der Waals surface area contributed by atoms with Crippen molar-refractivity contribution in [3.8, 4) is 0 Å². The van der Waals surface area contributed by atoms with Crippen LogP contribution < -0.4 is 5.32 Å². The third-order valence-corrected chi connectivity index (χ3v) is 3.13. The first-order valence-corrected chi connectivity index (χ1v) is 6.66. The smallest absolute Gasteiger partial charge is 0.236 e. The lowest BCUT2D eigenvalue weighted by molar-refractivity contribution is -0.130. The van der Waals surface area contributed by atoms with E-state index in [1.807, 2.05) is 11.8 Å². The van der Waals surface area contributed by atoms with Crippen LogP contribution in [0, 0.1) is 5.92 Å². The summed E-state index contributed by atoms with van der Waals surface area (Å²) in [6.45, 7) is 9.87. The highest BCUT2D eigenvalue weighted by molar-refractivity contribution is 5.78. The van der Waals surface area contributed by atoms with E-state index in [2.05, 4.69) is 19.2 Å². The minimum Gasteiger partial charge on any atom is -0.383 e. The average Bonchev–Trinajstić information content (AvgIpc) is 2.36. The first-order valence-electron chi connectivity index (χ1n) is 6.66. The fraction of sp³-hybridized carbons (Fsp3) is 0.923. The highest BCUT2D eigenvalue weighted by Gasteiger charge is 2.14. The van der Waals surface area contributed by atoms with E-state index in [9.17, 15) is 4.79 Å². The Morgan fingerprint density at radius 3 is 2.41 bits per heavy atom. The van der Waals surface area contributed by atoms with Crippen molar-refractivity contribution in [3.63, 3.8) is 0 Å². The molecule has 0 saturated carbocycles. The van der Waals surface area contributed by atoms with E-state index >= 15 is 0 Å². The molecule has 102 valence electrons. The normalized spacial score (nSPS) is 10.9. The van der Waals surface area contributed by atoms with E-state index in [1.165, 1.54) is 0 Å². The van der Waals surface area contributed by atoms with Crippen LogP contribution in [-0.2, 0) is 9.53 Å². The van der Waals surface area contributed by atoms with E-state index in [0.29, 0.717) is 19.1 Å². The van der Waals surface area contributed by atoms with Crippen LogP contribution in [0.25, 0.3) is 0 Å². The molecule has 0 aliphatic heterocycles. The predicted molar refractivity (Wildman–Crippen MR) is 71.1 cm³/mol. The molecule has 1 N–H and O–H groups in total. The molecule has 17 heavy (non-hydrogen) atoms. The van der Waals surface area contributed by atoms with Crippen molar-refractivity contribution < 1.29 is 9.53 Å². The van der Waals surface area contributed by atoms with Gasteiger partial charge in [0.1, 0.15) is 0 Å². The van der Waals surface area contributed by atoms with Crippen LogP contribution >= 0.6 is 0 Å². The number of amides is 1. The molecule has 0 aromatic carbocycles. The van der Waals surface area contributed by atoms with Gasteiger partial charge >= 0.3 is 0 Å². The highest BCUT2D eigenvalue weighted by Crippen LogP contribution is 2.09. The van der Waals surface area contributed by atoms with Gasteiger partial charge in [0.05, 0.1) is 13.2 Å². The zero-order valence-electron chi connectivity index (χ0n) is 11.8. The lowest BCUT2D eigenvalue weighted by Crippen LogP contribution is -2.41. The second-order valence-corrected chi connectivity index (χ2v) is 4.28. The van der Waals surface area contributed by atoms with Crippen molar-refractivity contribution in [1.29, 1.82) is 0 Å². The minimum absolute atomic E-state index is 0.190. The number of nitrogens with zero attached hydrogens (tertiary/aromatic N) is 1. The summed E-state index contributed by atoms with van der Waals surface area (Å²) >= 11 is 0. The second kappa shape index (κ2) is 10.5. The molecule has 0 rings (SSSR count). The molecule has 0 aromatic rings. The SMILES string of the molecule is CCC(CC)CN(CC)C(=O)CNCCOC. The predicted octanol–water partition coefficient (Wildman–Crippen LogP) is 1.51. The molecule has 0 aliphatic carbocycles. The van der Waals surface area contributed by atoms with Gasteiger partial charge in [0.25, 0.3) is 0 Å². The number of carbonyl (C=O) groups is 1. The fourth-order valence-electron chi connectivity index (χ4n) is 1.75. The highest BCUT2D eigenvalue weighted by atomic mass is 16.5. The maximum atomic E-state index is 11.9. The van der Waals surface area contributed by atoms with Gasteiger partial charge in [-0.15, -0.1) is 0 Å². The van der Waals surface area contributed by atoms with Crippen LogP contribution in [-0.4, -0.2) is 50.7 Å². The molecule has 0 fully saturated rings. The van der Waals surface area contributed by atoms with Gasteiger partial charge in [0.15, 0.2) is 0 Å². The number of ether oxygens (including phenoxy) is 1. The summed E-state index contributed by atoms with van der Waals surface area (Å²) in [7, 11) is 1.66. The topological polar surface area (TPSA) is 41.6 Å². The zero-order valence-corrected chi connectivity index (χ0v) is 11.8. The van der Waals surface area contributed by atoms with Crippen molar-refractivity contribution >= 4 is 5.91 Å². The number of nitrogens with one attached hydrogen (secondary N) is 1. The van der Waals surface area contributed by atoms with Gasteiger partial charge in [-0.25, -0.2) is 0 Å². The Balaban J connectivity index is 3.94. The van der Waals surface area contributed by atoms with Gasteiger partial charge in [0, 0.05) is 26.7 Å². The van der Waals surface area contributed by atoms with Crippen LogP contribution in [0.4, 0.5) is 0 Å². The van der Waals surface area contributed by atoms with Gasteiger partial charge in [-0.05, 0) is 12.8 Å². The van der Waals surface area contributed by atoms with Gasteiger partial charge in [0.2, 0.25) is 5.91 Å². The molecule has 4 heteroatoms. The summed E-state index contributed by atoms with van der Waals surface area (Å²) in [5, 5.41) is 3.09. The number of hydrogen-bond donors (Lipinski definition) is 1. The molecule has 1 amide bonds. The third kappa shape index (κ3) is 7.34. The van der Waals surface area contributed by atoms with Gasteiger partial charge in [-0.3, -0.25) is 4.79 Å². The molecule has 0 saturated heterocycles. The lowest BCUT2D eigenvalue weighted by Gasteiger charge is -2.25. The van der Waals surface area contributed by atoms with Gasteiger partial charge < -0.3 is 15.0 Å². The van der Waals surface area contributed by atoms with Crippen LogP contribution in [0.5, 0.6) is 0 Å². The summed E-state index contributed by atoms with van der Waals surface area (Å²) in [4.78, 5) is 13.9. The van der Waals surface area contributed by atoms with E-state index < -0.39 is 0 Å². The maximum Gasteiger partial charge on any atom is 0.236 e. The van der Waals surface area contributed by atoms with E-state index in [1.54, 1.807) is 7.11 Å². The van der Waals surface area contributed by atoms with Crippen LogP contribution in [0.15, 0.2) is 0 Å². The maximum absolute atomic E-state index is 11.9. The first-order chi connectivity index (χ1) is 8.19. The molecular formula is C13H28N2O2. The van der Waals surface area contributed by atoms with E-state index in [-0.39, 0.29) is 5.91 Å². The fourth-order valence-corrected chi connectivity index (χ4v) is 1.75. The summed E-state index contributed by atoms with van der Waals surface area (Å²) in [5.41, 5.74) is 0. The number of hydrogen-bond acceptors (Lipinski definition) is 3. The van der Waals surface area contributed by atoms with E-state index in [0.717, 1.165) is 32.5 Å². The Labute approximate surface area is 106 Å². The van der Waals surface area contributed by atoms with Crippen molar-refractivity contribution in [3.05, 3.63) is 0 Å². The van der Waals surface area contributed by atoms with Crippen LogP contribution in [0.1, 0.15) is 33.6 Å². The Kier molecular flexibility index (Phi) is 10.2. The van der Waals surface area contributed by atoms with E-state index in [4.69, 9.17) is 4.74 Å². The van der Waals surface area contributed by atoms with Crippen LogP contribution in [0.2, 0.25) is 0 Å². The molecule has 0 aliphatic rings. The summed E-state index contributed by atoms with van der Waals surface area (Å²) in [6, 6.07) is 0. The standard InChI is InChI=1S/C13H28N2O2/c1-5-12(6-2)11-15(7-3)13(16)10-14-8-9-17-4/h12,14H,5-11H2,1-4H3. The third-order valence-electron chi connectivity index (χ3n) is 3.13. The number of rotatable bonds is 10. The van der Waals surface area contributed by atoms with Crippen molar-refractivity contribution in [2.24, 2.45) is 5.92 Å². The summed E-state index contributed by atoms with van der Waals surface area (Å²) in [5.74, 6) is 0.813. The quantitative estimate of drug-likeness (QED) is 0.592. The summed E-state index contributed by atoms with van der Waals surface area (Å²) in [6.07, 6.45) is 2.27. The number of likely N-dealkylation sites (N-methyl/N-ethyl adjacent to an activating group) is 1. The van der Waals surface area contributed by atoms with Gasteiger partial charge in [-0.2, -0.15) is 0 Å². The molecule has 0 aromatic heterocycles. The Bertz CT molecular complexity index is 194. The first kappa shape index (κ1) is 16.4. The Morgan fingerprint density at radius 1 is 1.29 bits per heavy atom. The molecule has 0 unspecified atom stereocenters. The monoisotopic (exact) mass is 244 g/mol. The van der Waals surface area contributed by atoms with Crippen molar-refractivity contribution in [1.82, 2.24) is 10.2 Å². The van der Waals surface area contributed by atoms with Crippen molar-refractivity contribution in [2.45, 2.75) is 33.6 Å². The largest absolute Gasteiger partial charge is 0.383 e. The minimum atomic E-state index is 0.190. The average molecular weight is 244 g/mol. The number of methoxy groups -OCH3 is 1. The molecule has 0 heterocycles. The number of carbonyl (C=O) groups excluding carboxylic acids is 1. The Morgan fingerprint density at radius 2 is 1.94 bits per heavy atom. The van der Waals surface area contributed by atoms with Crippen LogP contribution in [0.3, 0.4) is 0 Å². The molecule has 0 bridgehead atoms. The van der Waals surface area contributed by atoms with Crippen molar-refractivity contribution in [2.75, 3.05) is 39.9 Å². The lowest BCUT2D eigenvalue weighted by atomic mass is 10.0. The van der Waals surface area contributed by atoms with Gasteiger partial charge in [-0.1, -0.05) is 26.7 Å². The molecule has 4 nitrogen and oxygen atoms in total. The Hall–Kier alpha value is -0.610. The summed E-state index contributed by atoms with van der Waals surface area (Å²) < 4.78 is 4.92. The molecule has 0 spiro atoms. The zero-order chi connectivity index (χ0) is 13.1. The molecule has 0 atom stereocenters. The second-order valence-electron chi connectivity index (χ2n) is 4.28.